The minimum atomic E-state index is 0.0807. The molecule has 0 radical (unpaired) electrons. The second-order valence-electron chi connectivity index (χ2n) is 8.83. The van der Waals surface area contributed by atoms with Gasteiger partial charge in [0.25, 0.3) is 0 Å². The maximum absolute atomic E-state index is 6.36. The van der Waals surface area contributed by atoms with Crippen molar-refractivity contribution in [2.75, 3.05) is 0 Å². The van der Waals surface area contributed by atoms with E-state index in [1.807, 2.05) is 0 Å². The minimum Gasteiger partial charge on any atom is -0.393 e. The summed E-state index contributed by atoms with van der Waals surface area (Å²) >= 11 is 5.63. The highest BCUT2D eigenvalue weighted by molar-refractivity contribution is 7.80. The summed E-state index contributed by atoms with van der Waals surface area (Å²) < 4.78 is 0. The van der Waals surface area contributed by atoms with Crippen LogP contribution in [0.15, 0.2) is 30.3 Å². The third kappa shape index (κ3) is 2.81. The molecule has 2 aliphatic rings. The molecular weight excluding hydrogens is 310 g/mol. The smallest absolute Gasteiger partial charge is 0.0790 e. The highest BCUT2D eigenvalue weighted by atomic mass is 32.1. The average Bonchev–Trinajstić information content (AvgIpc) is 2.59. The van der Waals surface area contributed by atoms with Crippen molar-refractivity contribution >= 4 is 17.2 Å². The molecule has 2 bridgehead atoms. The highest BCUT2D eigenvalue weighted by Crippen LogP contribution is 2.63. The zero-order valence-electron chi connectivity index (χ0n) is 15.6. The fourth-order valence-corrected chi connectivity index (χ4v) is 6.17. The van der Waals surface area contributed by atoms with Gasteiger partial charge >= 0.3 is 0 Å². The van der Waals surface area contributed by atoms with E-state index in [1.54, 1.807) is 0 Å². The van der Waals surface area contributed by atoms with E-state index < -0.39 is 0 Å². The zero-order chi connectivity index (χ0) is 17.4. The molecule has 1 nitrogen and oxygen atoms in total. The average molecular weight is 344 g/mol. The van der Waals surface area contributed by atoms with E-state index >= 15 is 0 Å². The molecule has 0 aliphatic heterocycles. The van der Waals surface area contributed by atoms with Gasteiger partial charge in [-0.05, 0) is 67.3 Å². The van der Waals surface area contributed by atoms with Crippen molar-refractivity contribution in [1.82, 2.24) is 0 Å². The number of thiocarbonyl (C=S) groups is 1. The van der Waals surface area contributed by atoms with Gasteiger partial charge in [0.15, 0.2) is 0 Å². The predicted octanol–water partition coefficient (Wildman–Crippen LogP) is 6.01. The van der Waals surface area contributed by atoms with Crippen molar-refractivity contribution in [3.05, 3.63) is 35.9 Å². The Morgan fingerprint density at radius 3 is 2.46 bits per heavy atom. The Kier molecular flexibility index (Phi) is 4.81. The van der Waals surface area contributed by atoms with Crippen molar-refractivity contribution in [3.8, 4) is 0 Å². The summed E-state index contributed by atoms with van der Waals surface area (Å²) in [5.41, 5.74) is 8.63. The fourth-order valence-electron chi connectivity index (χ4n) is 5.92. The number of rotatable bonds is 5. The van der Waals surface area contributed by atoms with E-state index in [1.165, 1.54) is 50.5 Å². The first-order valence-corrected chi connectivity index (χ1v) is 10.2. The first-order chi connectivity index (χ1) is 11.4. The Morgan fingerprint density at radius 1 is 1.17 bits per heavy atom. The van der Waals surface area contributed by atoms with Crippen LogP contribution >= 0.6 is 12.2 Å². The lowest BCUT2D eigenvalue weighted by atomic mass is 9.45. The van der Waals surface area contributed by atoms with Crippen LogP contribution in [0.3, 0.4) is 0 Å². The molecule has 2 aliphatic carbocycles. The van der Waals surface area contributed by atoms with Gasteiger partial charge in [-0.25, -0.2) is 0 Å². The lowest BCUT2D eigenvalue weighted by Crippen LogP contribution is -2.55. The van der Waals surface area contributed by atoms with E-state index in [0.29, 0.717) is 5.41 Å². The normalized spacial score (nSPS) is 38.7. The predicted molar refractivity (Wildman–Crippen MR) is 107 cm³/mol. The summed E-state index contributed by atoms with van der Waals surface area (Å²) in [6.07, 6.45) is 9.93. The third-order valence-corrected chi connectivity index (χ3v) is 7.95. The number of hydrogen-bond acceptors (Lipinski definition) is 1. The van der Waals surface area contributed by atoms with Gasteiger partial charge in [0.2, 0.25) is 0 Å². The Labute approximate surface area is 153 Å². The largest absolute Gasteiger partial charge is 0.393 e. The van der Waals surface area contributed by atoms with Crippen molar-refractivity contribution < 1.29 is 0 Å². The molecule has 2 N–H and O–H groups in total. The summed E-state index contributed by atoms with van der Waals surface area (Å²) in [4.78, 5) is 0.777. The van der Waals surface area contributed by atoms with E-state index in [-0.39, 0.29) is 10.8 Å². The summed E-state index contributed by atoms with van der Waals surface area (Å²) in [7, 11) is 0. The Morgan fingerprint density at radius 2 is 1.88 bits per heavy atom. The topological polar surface area (TPSA) is 26.0 Å². The van der Waals surface area contributed by atoms with Gasteiger partial charge in [-0.15, -0.1) is 0 Å². The molecule has 132 valence electrons. The molecule has 0 heterocycles. The first-order valence-electron chi connectivity index (χ1n) is 9.75. The standard InChI is InChI=1S/C22H33NS/c1-4-11-20(3)12-13-22(19(23)24)15-18(20)14-21(5-2,16-22)17-9-7-6-8-10-17/h6-10,18H,4-5,11-16H2,1-3H3,(H2,23,24). The van der Waals surface area contributed by atoms with Gasteiger partial charge in [-0.1, -0.05) is 69.7 Å². The van der Waals surface area contributed by atoms with Crippen LogP contribution in [0.1, 0.15) is 77.7 Å². The van der Waals surface area contributed by atoms with E-state index in [9.17, 15) is 0 Å². The van der Waals surface area contributed by atoms with E-state index in [0.717, 1.165) is 17.3 Å². The van der Waals surface area contributed by atoms with Gasteiger partial charge in [0.05, 0.1) is 4.99 Å². The number of fused-ring (bicyclic) bond motifs is 2. The minimum absolute atomic E-state index is 0.0807. The molecule has 0 aromatic heterocycles. The van der Waals surface area contributed by atoms with Gasteiger partial charge in [-0.2, -0.15) is 0 Å². The van der Waals surface area contributed by atoms with Crippen LogP contribution in [0.2, 0.25) is 0 Å². The molecule has 0 amide bonds. The van der Waals surface area contributed by atoms with Crippen LogP contribution in [0.25, 0.3) is 0 Å². The molecule has 1 aromatic rings. The molecular formula is C22H33NS. The molecule has 3 rings (SSSR count). The van der Waals surface area contributed by atoms with Crippen molar-refractivity contribution in [2.45, 2.75) is 77.6 Å². The maximum atomic E-state index is 6.36. The maximum Gasteiger partial charge on any atom is 0.0790 e. The Hall–Kier alpha value is -0.890. The molecule has 1 aromatic carbocycles. The molecule has 2 heteroatoms. The van der Waals surface area contributed by atoms with Gasteiger partial charge < -0.3 is 5.73 Å². The van der Waals surface area contributed by atoms with Crippen LogP contribution < -0.4 is 5.73 Å². The lowest BCUT2D eigenvalue weighted by Gasteiger charge is -2.59. The zero-order valence-corrected chi connectivity index (χ0v) is 16.4. The Balaban J connectivity index is 2.05. The second-order valence-corrected chi connectivity index (χ2v) is 9.27. The third-order valence-electron chi connectivity index (χ3n) is 7.52. The lowest BCUT2D eigenvalue weighted by molar-refractivity contribution is -0.0292. The van der Waals surface area contributed by atoms with Crippen LogP contribution in [-0.2, 0) is 5.41 Å². The molecule has 2 fully saturated rings. The first kappa shape index (κ1) is 17.9. The van der Waals surface area contributed by atoms with Crippen molar-refractivity contribution in [1.29, 1.82) is 0 Å². The summed E-state index contributed by atoms with van der Waals surface area (Å²) in [6.45, 7) is 7.22. The van der Waals surface area contributed by atoms with Gasteiger partial charge in [0, 0.05) is 5.41 Å². The van der Waals surface area contributed by atoms with E-state index in [2.05, 4.69) is 51.1 Å². The summed E-state index contributed by atoms with van der Waals surface area (Å²) in [5, 5.41) is 0. The fraction of sp³-hybridized carbons (Fsp3) is 0.682. The monoisotopic (exact) mass is 343 g/mol. The molecule has 4 unspecified atom stereocenters. The van der Waals surface area contributed by atoms with Crippen LogP contribution in [0, 0.1) is 16.7 Å². The molecule has 4 atom stereocenters. The summed E-state index contributed by atoms with van der Waals surface area (Å²) in [5.74, 6) is 0.738. The highest BCUT2D eigenvalue weighted by Gasteiger charge is 2.56. The second kappa shape index (κ2) is 6.44. The van der Waals surface area contributed by atoms with Crippen LogP contribution in [-0.4, -0.2) is 4.99 Å². The van der Waals surface area contributed by atoms with Crippen LogP contribution in [0.5, 0.6) is 0 Å². The number of benzene rings is 1. The quantitative estimate of drug-likeness (QED) is 0.663. The molecule has 24 heavy (non-hydrogen) atoms. The van der Waals surface area contributed by atoms with Crippen LogP contribution in [0.4, 0.5) is 0 Å². The Bertz CT molecular complexity index is 597. The molecule has 0 spiro atoms. The number of nitrogens with two attached hydrogens (primary N) is 1. The molecule has 0 saturated heterocycles. The SMILES string of the molecule is CCCC1(C)CCC2(C(N)=S)CC1CC(CC)(c1ccccc1)C2. The van der Waals surface area contributed by atoms with Gasteiger partial charge in [0.1, 0.15) is 0 Å². The number of hydrogen-bond donors (Lipinski definition) is 1. The van der Waals surface area contributed by atoms with E-state index in [4.69, 9.17) is 18.0 Å². The summed E-state index contributed by atoms with van der Waals surface area (Å²) in [6, 6.07) is 11.2. The van der Waals surface area contributed by atoms with Crippen molar-refractivity contribution in [3.63, 3.8) is 0 Å². The van der Waals surface area contributed by atoms with Gasteiger partial charge in [-0.3, -0.25) is 0 Å². The van der Waals surface area contributed by atoms with Crippen molar-refractivity contribution in [2.24, 2.45) is 22.5 Å². The molecule has 2 saturated carbocycles.